The third-order valence-corrected chi connectivity index (χ3v) is 5.98. The molecule has 1 fully saturated rings. The molecule has 2 N–H and O–H groups in total. The molecule has 2 aliphatic heterocycles. The van der Waals surface area contributed by atoms with Crippen LogP contribution in [0.4, 0.5) is 0 Å². The molecule has 1 amide bonds. The molecule has 0 aliphatic carbocycles. The summed E-state index contributed by atoms with van der Waals surface area (Å²) >= 11 is 0. The fourth-order valence-electron chi connectivity index (χ4n) is 4.46. The molecule has 0 bridgehead atoms. The van der Waals surface area contributed by atoms with Crippen LogP contribution in [-0.4, -0.2) is 42.2 Å². The van der Waals surface area contributed by atoms with E-state index in [1.54, 1.807) is 6.92 Å². The monoisotopic (exact) mass is 380 g/mol. The lowest BCUT2D eigenvalue weighted by Gasteiger charge is -2.43. The average Bonchev–Trinajstić information content (AvgIpc) is 3.17. The number of benzene rings is 2. The number of hydrogen-bond acceptors (Lipinski definition) is 4. The Balaban J connectivity index is 1.42. The molecule has 0 aromatic heterocycles. The van der Waals surface area contributed by atoms with Crippen molar-refractivity contribution >= 4 is 5.91 Å². The highest BCUT2D eigenvalue weighted by atomic mass is 16.5. The van der Waals surface area contributed by atoms with Crippen molar-refractivity contribution in [2.75, 3.05) is 26.2 Å². The minimum absolute atomic E-state index is 0.00213. The molecule has 0 spiro atoms. The summed E-state index contributed by atoms with van der Waals surface area (Å²) in [6.07, 6.45) is 2.06. The summed E-state index contributed by atoms with van der Waals surface area (Å²) in [7, 11) is 0. The van der Waals surface area contributed by atoms with Crippen molar-refractivity contribution in [2.45, 2.75) is 37.8 Å². The summed E-state index contributed by atoms with van der Waals surface area (Å²) in [6, 6.07) is 16.2. The number of carbonyl (C=O) groups is 1. The highest BCUT2D eigenvalue weighted by Gasteiger charge is 2.37. The van der Waals surface area contributed by atoms with Crippen LogP contribution in [0.15, 0.2) is 48.5 Å². The number of nitrogens with one attached hydrogen (secondary N) is 1. The Morgan fingerprint density at radius 3 is 2.68 bits per heavy atom. The van der Waals surface area contributed by atoms with Gasteiger partial charge in [0.2, 0.25) is 5.91 Å². The molecule has 5 nitrogen and oxygen atoms in total. The van der Waals surface area contributed by atoms with Crippen molar-refractivity contribution in [3.63, 3.8) is 0 Å². The topological polar surface area (TPSA) is 61.8 Å². The molecular formula is C23H28N2O3. The van der Waals surface area contributed by atoms with E-state index in [1.165, 1.54) is 5.56 Å². The maximum Gasteiger partial charge on any atom is 0.217 e. The number of rotatable bonds is 5. The zero-order valence-electron chi connectivity index (χ0n) is 16.4. The zero-order valence-corrected chi connectivity index (χ0v) is 16.4. The van der Waals surface area contributed by atoms with Crippen LogP contribution in [0.25, 0.3) is 0 Å². The fourth-order valence-corrected chi connectivity index (χ4v) is 4.46. The van der Waals surface area contributed by atoms with Crippen LogP contribution in [0.3, 0.4) is 0 Å². The number of β-amino-alcohol motifs (C(OH)–C–C–N with tert-alkyl or cyclic N) is 1. The highest BCUT2D eigenvalue weighted by Crippen LogP contribution is 2.34. The van der Waals surface area contributed by atoms with Crippen LogP contribution >= 0.6 is 0 Å². The molecule has 4 rings (SSSR count). The van der Waals surface area contributed by atoms with Crippen LogP contribution in [0, 0.1) is 0 Å². The molecule has 1 saturated heterocycles. The minimum atomic E-state index is -0.518. The lowest BCUT2D eigenvalue weighted by molar-refractivity contribution is -0.121. The Morgan fingerprint density at radius 1 is 1.21 bits per heavy atom. The molecule has 0 saturated carbocycles. The molecule has 5 heteroatoms. The number of likely N-dealkylation sites (tertiary alicyclic amines) is 1. The van der Waals surface area contributed by atoms with Gasteiger partial charge in [-0.25, -0.2) is 0 Å². The molecular weight excluding hydrogens is 352 g/mol. The molecule has 0 radical (unpaired) electrons. The Labute approximate surface area is 166 Å². The van der Waals surface area contributed by atoms with Crippen LogP contribution in [-0.2, 0) is 16.8 Å². The number of fused-ring (bicyclic) bond motifs is 1. The smallest absolute Gasteiger partial charge is 0.217 e. The number of carbonyl (C=O) groups excluding carboxylic acids is 1. The normalized spacial score (nSPS) is 19.5. The van der Waals surface area contributed by atoms with Crippen molar-refractivity contribution in [2.24, 2.45) is 0 Å². The summed E-state index contributed by atoms with van der Waals surface area (Å²) in [6.45, 7) is 4.58. The van der Waals surface area contributed by atoms with Crippen LogP contribution in [0.2, 0.25) is 0 Å². The van der Waals surface area contributed by atoms with E-state index in [9.17, 15) is 9.90 Å². The van der Waals surface area contributed by atoms with Crippen LogP contribution in [0.5, 0.6) is 5.75 Å². The van der Waals surface area contributed by atoms with Gasteiger partial charge < -0.3 is 20.1 Å². The molecule has 2 heterocycles. The number of amides is 1. The second kappa shape index (κ2) is 7.94. The first-order valence-corrected chi connectivity index (χ1v) is 10.1. The zero-order chi connectivity index (χ0) is 19.6. The standard InChI is InChI=1S/C23H28N2O3/c1-17(26)24-23(20-5-3-2-4-6-20)10-12-25(13-11-23)16-21(27)18-7-8-22-19(15-18)9-14-28-22/h2-8,15,21,27H,9-14,16H2,1H3,(H,24,26). The van der Waals surface area contributed by atoms with E-state index >= 15 is 0 Å². The first kappa shape index (κ1) is 19.0. The van der Waals surface area contributed by atoms with E-state index in [0.29, 0.717) is 6.54 Å². The first-order valence-electron chi connectivity index (χ1n) is 10.1. The van der Waals surface area contributed by atoms with Gasteiger partial charge in [-0.2, -0.15) is 0 Å². The van der Waals surface area contributed by atoms with E-state index in [-0.39, 0.29) is 11.4 Å². The lowest BCUT2D eigenvalue weighted by atomic mass is 9.80. The van der Waals surface area contributed by atoms with Gasteiger partial charge >= 0.3 is 0 Å². The summed E-state index contributed by atoms with van der Waals surface area (Å²) < 4.78 is 5.55. The number of piperidine rings is 1. The number of aliphatic hydroxyl groups is 1. The molecule has 1 unspecified atom stereocenters. The third-order valence-electron chi connectivity index (χ3n) is 5.98. The van der Waals surface area contributed by atoms with Gasteiger partial charge in [0.25, 0.3) is 0 Å². The molecule has 148 valence electrons. The quantitative estimate of drug-likeness (QED) is 0.837. The van der Waals surface area contributed by atoms with Crippen molar-refractivity contribution in [3.8, 4) is 5.75 Å². The van der Waals surface area contributed by atoms with Gasteiger partial charge in [0.1, 0.15) is 5.75 Å². The molecule has 28 heavy (non-hydrogen) atoms. The Hall–Kier alpha value is -2.37. The Kier molecular flexibility index (Phi) is 5.38. The van der Waals surface area contributed by atoms with Gasteiger partial charge in [0.15, 0.2) is 0 Å². The number of nitrogens with zero attached hydrogens (tertiary/aromatic N) is 1. The average molecular weight is 380 g/mol. The second-order valence-corrected chi connectivity index (χ2v) is 7.91. The number of aliphatic hydroxyl groups excluding tert-OH is 1. The van der Waals surface area contributed by atoms with Gasteiger partial charge in [0, 0.05) is 33.0 Å². The van der Waals surface area contributed by atoms with Crippen molar-refractivity contribution < 1.29 is 14.6 Å². The highest BCUT2D eigenvalue weighted by molar-refractivity contribution is 5.74. The van der Waals surface area contributed by atoms with Crippen molar-refractivity contribution in [1.29, 1.82) is 0 Å². The molecule has 2 aliphatic rings. The maximum atomic E-state index is 11.9. The van der Waals surface area contributed by atoms with Crippen molar-refractivity contribution in [3.05, 3.63) is 65.2 Å². The first-order chi connectivity index (χ1) is 13.6. The van der Waals surface area contributed by atoms with Crippen molar-refractivity contribution in [1.82, 2.24) is 10.2 Å². The van der Waals surface area contributed by atoms with E-state index in [1.807, 2.05) is 30.3 Å². The van der Waals surface area contributed by atoms with E-state index in [0.717, 1.165) is 55.8 Å². The van der Waals surface area contributed by atoms with Gasteiger partial charge in [0.05, 0.1) is 18.2 Å². The van der Waals surface area contributed by atoms with E-state index in [2.05, 4.69) is 28.4 Å². The SMILES string of the molecule is CC(=O)NC1(c2ccccc2)CCN(CC(O)c2ccc3c(c2)CCO3)CC1. The van der Waals surface area contributed by atoms with Gasteiger partial charge in [-0.15, -0.1) is 0 Å². The predicted octanol–water partition coefficient (Wildman–Crippen LogP) is 2.78. The molecule has 1 atom stereocenters. The summed E-state index contributed by atoms with van der Waals surface area (Å²) in [5, 5.41) is 13.9. The number of hydrogen-bond donors (Lipinski definition) is 2. The molecule has 2 aromatic rings. The third kappa shape index (κ3) is 3.91. The summed E-state index contributed by atoms with van der Waals surface area (Å²) in [5.41, 5.74) is 2.97. The second-order valence-electron chi connectivity index (χ2n) is 7.91. The van der Waals surface area contributed by atoms with E-state index in [4.69, 9.17) is 4.74 Å². The van der Waals surface area contributed by atoms with Gasteiger partial charge in [-0.1, -0.05) is 36.4 Å². The minimum Gasteiger partial charge on any atom is -0.493 e. The largest absolute Gasteiger partial charge is 0.493 e. The van der Waals surface area contributed by atoms with Gasteiger partial charge in [-0.3, -0.25) is 4.79 Å². The van der Waals surface area contributed by atoms with E-state index < -0.39 is 6.10 Å². The number of ether oxygens (including phenoxy) is 1. The maximum absolute atomic E-state index is 11.9. The van der Waals surface area contributed by atoms with Gasteiger partial charge in [-0.05, 0) is 41.7 Å². The summed E-state index contributed by atoms with van der Waals surface area (Å²) in [5.74, 6) is 0.939. The summed E-state index contributed by atoms with van der Waals surface area (Å²) in [4.78, 5) is 14.1. The van der Waals surface area contributed by atoms with Crippen LogP contribution in [0.1, 0.15) is 42.6 Å². The fraction of sp³-hybridized carbons (Fsp3) is 0.435. The lowest BCUT2D eigenvalue weighted by Crippen LogP contribution is -2.53. The Morgan fingerprint density at radius 2 is 1.96 bits per heavy atom. The predicted molar refractivity (Wildman–Crippen MR) is 108 cm³/mol. The molecule has 2 aromatic carbocycles. The Bertz CT molecular complexity index is 829. The van der Waals surface area contributed by atoms with Crippen LogP contribution < -0.4 is 10.1 Å².